The molecule has 3 unspecified atom stereocenters. The zero-order valence-corrected chi connectivity index (χ0v) is 11.2. The number of carboxylic acid groups (broad SMARTS) is 2. The highest BCUT2D eigenvalue weighted by atomic mass is 31.2. The second-order valence-electron chi connectivity index (χ2n) is 4.31. The summed E-state index contributed by atoms with van der Waals surface area (Å²) in [6, 6.07) is -1.19. The molecule has 0 amide bonds. The minimum absolute atomic E-state index is 0.137. The Balaban J connectivity index is 4.40. The van der Waals surface area contributed by atoms with Crippen molar-refractivity contribution in [3.05, 3.63) is 0 Å². The Hall–Kier alpha value is -0.910. The van der Waals surface area contributed by atoms with Crippen molar-refractivity contribution in [2.75, 3.05) is 12.3 Å². The molecule has 0 saturated carbocycles. The van der Waals surface area contributed by atoms with Crippen LogP contribution in [0.3, 0.4) is 0 Å². The number of carbonyl (C=O) groups is 2. The molecule has 5 N–H and O–H groups in total. The lowest BCUT2D eigenvalue weighted by Gasteiger charge is -2.17. The Morgan fingerprint density at radius 1 is 1.22 bits per heavy atom. The predicted molar refractivity (Wildman–Crippen MR) is 65.8 cm³/mol. The van der Waals surface area contributed by atoms with Crippen LogP contribution < -0.4 is 5.73 Å². The highest BCUT2D eigenvalue weighted by Gasteiger charge is 2.29. The minimum Gasteiger partial charge on any atom is -0.481 e. The molecule has 18 heavy (non-hydrogen) atoms. The van der Waals surface area contributed by atoms with Crippen molar-refractivity contribution in [3.63, 3.8) is 0 Å². The second kappa shape index (κ2) is 7.51. The first kappa shape index (κ1) is 17.1. The van der Waals surface area contributed by atoms with Crippen molar-refractivity contribution in [2.24, 2.45) is 11.7 Å². The minimum atomic E-state index is -3.65. The monoisotopic (exact) mass is 281 g/mol. The first-order chi connectivity index (χ1) is 8.19. The van der Waals surface area contributed by atoms with Crippen molar-refractivity contribution in [3.8, 4) is 0 Å². The normalized spacial score (nSPS) is 17.7. The summed E-state index contributed by atoms with van der Waals surface area (Å²) in [6.45, 7) is 1.79. The van der Waals surface area contributed by atoms with Crippen molar-refractivity contribution in [1.82, 2.24) is 0 Å². The maximum absolute atomic E-state index is 11.8. The van der Waals surface area contributed by atoms with E-state index in [1.165, 1.54) is 0 Å². The van der Waals surface area contributed by atoms with Gasteiger partial charge in [0.2, 0.25) is 7.37 Å². The quantitative estimate of drug-likeness (QED) is 0.453. The molecule has 0 aliphatic heterocycles. The molecule has 3 atom stereocenters. The Morgan fingerprint density at radius 3 is 2.17 bits per heavy atom. The number of nitrogens with two attached hydrogens (primary N) is 1. The van der Waals surface area contributed by atoms with Crippen LogP contribution in [0.5, 0.6) is 0 Å². The third kappa shape index (κ3) is 6.74. The molecule has 0 aromatic heterocycles. The molecular formula is C10H20NO6P. The summed E-state index contributed by atoms with van der Waals surface area (Å²) in [5.41, 5.74) is 5.22. The predicted octanol–water partition coefficient (Wildman–Crippen LogP) is 0.560. The van der Waals surface area contributed by atoms with Crippen LogP contribution in [-0.4, -0.2) is 45.4 Å². The molecule has 8 heteroatoms. The van der Waals surface area contributed by atoms with Gasteiger partial charge < -0.3 is 20.8 Å². The molecule has 0 radical (unpaired) electrons. The van der Waals surface area contributed by atoms with Gasteiger partial charge in [-0.05, 0) is 12.8 Å². The van der Waals surface area contributed by atoms with Crippen LogP contribution in [0, 0.1) is 5.92 Å². The van der Waals surface area contributed by atoms with E-state index in [1.807, 2.05) is 0 Å². The van der Waals surface area contributed by atoms with Crippen molar-refractivity contribution in [1.29, 1.82) is 0 Å². The molecule has 0 bridgehead atoms. The third-order valence-electron chi connectivity index (χ3n) is 2.60. The van der Waals surface area contributed by atoms with E-state index in [0.717, 1.165) is 0 Å². The molecule has 0 aromatic rings. The SMILES string of the molecule is CCCC(CP(=O)(O)CCC(N)C(=O)O)C(=O)O. The zero-order valence-electron chi connectivity index (χ0n) is 10.3. The summed E-state index contributed by atoms with van der Waals surface area (Å²) in [7, 11) is -3.65. The molecule has 7 nitrogen and oxygen atoms in total. The fourth-order valence-corrected chi connectivity index (χ4v) is 3.43. The second-order valence-corrected chi connectivity index (χ2v) is 6.81. The topological polar surface area (TPSA) is 138 Å². The fraction of sp³-hybridized carbons (Fsp3) is 0.800. The van der Waals surface area contributed by atoms with Gasteiger partial charge in [-0.3, -0.25) is 14.2 Å². The molecule has 0 saturated heterocycles. The Morgan fingerprint density at radius 2 is 1.78 bits per heavy atom. The summed E-state index contributed by atoms with van der Waals surface area (Å²) < 4.78 is 11.8. The summed E-state index contributed by atoms with van der Waals surface area (Å²) in [5.74, 6) is -3.21. The van der Waals surface area contributed by atoms with Crippen LogP contribution in [-0.2, 0) is 14.2 Å². The summed E-state index contributed by atoms with van der Waals surface area (Å²) >= 11 is 0. The smallest absolute Gasteiger partial charge is 0.320 e. The first-order valence-corrected chi connectivity index (χ1v) is 7.74. The average Bonchev–Trinajstić information content (AvgIpc) is 2.24. The number of carboxylic acids is 2. The summed E-state index contributed by atoms with van der Waals surface area (Å²) in [6.07, 6.45) is 0.189. The third-order valence-corrected chi connectivity index (χ3v) is 4.57. The number of aliphatic carboxylic acids is 2. The standard InChI is InChI=1S/C10H20NO6P/c1-2-3-7(9(12)13)6-18(16,17)5-4-8(11)10(14)15/h7-8H,2-6,11H2,1H3,(H,12,13)(H,14,15)(H,16,17). The van der Waals surface area contributed by atoms with E-state index >= 15 is 0 Å². The van der Waals surface area contributed by atoms with Gasteiger partial charge in [-0.2, -0.15) is 0 Å². The van der Waals surface area contributed by atoms with E-state index in [0.29, 0.717) is 12.8 Å². The van der Waals surface area contributed by atoms with Gasteiger partial charge in [-0.1, -0.05) is 13.3 Å². The van der Waals surface area contributed by atoms with Crippen molar-refractivity contribution < 1.29 is 29.3 Å². The summed E-state index contributed by atoms with van der Waals surface area (Å²) in [4.78, 5) is 31.0. The fourth-order valence-electron chi connectivity index (χ4n) is 1.54. The van der Waals surface area contributed by atoms with E-state index in [4.69, 9.17) is 15.9 Å². The van der Waals surface area contributed by atoms with Gasteiger partial charge in [-0.25, -0.2) is 0 Å². The lowest BCUT2D eigenvalue weighted by molar-refractivity contribution is -0.141. The highest BCUT2D eigenvalue weighted by molar-refractivity contribution is 7.58. The molecule has 106 valence electrons. The van der Waals surface area contributed by atoms with Crippen LogP contribution in [0.2, 0.25) is 0 Å². The number of rotatable bonds is 9. The van der Waals surface area contributed by atoms with Crippen LogP contribution in [0.25, 0.3) is 0 Å². The maximum atomic E-state index is 11.8. The van der Waals surface area contributed by atoms with Gasteiger partial charge in [-0.15, -0.1) is 0 Å². The molecule has 0 spiro atoms. The largest absolute Gasteiger partial charge is 0.481 e. The van der Waals surface area contributed by atoms with Crippen LogP contribution >= 0.6 is 7.37 Å². The van der Waals surface area contributed by atoms with Gasteiger partial charge >= 0.3 is 11.9 Å². The van der Waals surface area contributed by atoms with Crippen molar-refractivity contribution >= 4 is 19.3 Å². The van der Waals surface area contributed by atoms with E-state index in [-0.39, 0.29) is 18.7 Å². The van der Waals surface area contributed by atoms with Crippen LogP contribution in [0.1, 0.15) is 26.2 Å². The van der Waals surface area contributed by atoms with E-state index < -0.39 is 31.3 Å². The molecule has 0 heterocycles. The molecule has 0 aliphatic rings. The van der Waals surface area contributed by atoms with E-state index in [2.05, 4.69) is 0 Å². The Bertz CT molecular complexity index is 345. The van der Waals surface area contributed by atoms with E-state index in [1.54, 1.807) is 6.92 Å². The average molecular weight is 281 g/mol. The molecule has 0 aromatic carbocycles. The van der Waals surface area contributed by atoms with E-state index in [9.17, 15) is 19.0 Å². The molecule has 0 aliphatic carbocycles. The highest BCUT2D eigenvalue weighted by Crippen LogP contribution is 2.44. The lowest BCUT2D eigenvalue weighted by Crippen LogP contribution is -2.31. The Kier molecular flexibility index (Phi) is 7.13. The molecule has 0 fully saturated rings. The first-order valence-electron chi connectivity index (χ1n) is 5.71. The van der Waals surface area contributed by atoms with Gasteiger partial charge in [0, 0.05) is 12.3 Å². The number of hydrogen-bond donors (Lipinski definition) is 4. The maximum Gasteiger partial charge on any atom is 0.320 e. The van der Waals surface area contributed by atoms with Crippen molar-refractivity contribution in [2.45, 2.75) is 32.2 Å². The van der Waals surface area contributed by atoms with Crippen LogP contribution in [0.4, 0.5) is 0 Å². The summed E-state index contributed by atoms with van der Waals surface area (Å²) in [5, 5.41) is 17.4. The van der Waals surface area contributed by atoms with Gasteiger partial charge in [0.25, 0.3) is 0 Å². The van der Waals surface area contributed by atoms with Gasteiger partial charge in [0.05, 0.1) is 5.92 Å². The lowest BCUT2D eigenvalue weighted by atomic mass is 10.1. The number of hydrogen-bond acceptors (Lipinski definition) is 4. The molecule has 0 rings (SSSR count). The molecular weight excluding hydrogens is 261 g/mol. The Labute approximate surface area is 105 Å². The zero-order chi connectivity index (χ0) is 14.3. The van der Waals surface area contributed by atoms with Gasteiger partial charge in [0.15, 0.2) is 0 Å². The van der Waals surface area contributed by atoms with Gasteiger partial charge in [0.1, 0.15) is 6.04 Å². The van der Waals surface area contributed by atoms with Crippen LogP contribution in [0.15, 0.2) is 0 Å².